The van der Waals surface area contributed by atoms with Gasteiger partial charge in [-0.15, -0.1) is 0 Å². The molecular formula is C13H24N4O. The Morgan fingerprint density at radius 2 is 1.94 bits per heavy atom. The fraction of sp³-hybridized carbons (Fsp3) is 0.846. The van der Waals surface area contributed by atoms with Gasteiger partial charge in [0.25, 0.3) is 0 Å². The monoisotopic (exact) mass is 252 g/mol. The molecule has 1 fully saturated rings. The lowest BCUT2D eigenvalue weighted by Gasteiger charge is -2.36. The average Bonchev–Trinajstić information content (AvgIpc) is 2.37. The first-order chi connectivity index (χ1) is 8.60. The summed E-state index contributed by atoms with van der Waals surface area (Å²) >= 11 is 0. The van der Waals surface area contributed by atoms with E-state index in [9.17, 15) is 4.79 Å². The van der Waals surface area contributed by atoms with Crippen molar-refractivity contribution >= 4 is 5.91 Å². The van der Waals surface area contributed by atoms with E-state index < -0.39 is 0 Å². The maximum atomic E-state index is 12.3. The molecule has 1 heterocycles. The second-order valence-corrected chi connectivity index (χ2v) is 5.16. The number of hydrogen-bond donors (Lipinski definition) is 1. The molecule has 102 valence electrons. The molecule has 0 aromatic heterocycles. The van der Waals surface area contributed by atoms with Gasteiger partial charge in [0.1, 0.15) is 0 Å². The fourth-order valence-electron chi connectivity index (χ4n) is 2.29. The van der Waals surface area contributed by atoms with Crippen LogP contribution in [0, 0.1) is 23.2 Å². The van der Waals surface area contributed by atoms with E-state index in [1.54, 1.807) is 0 Å². The second-order valence-electron chi connectivity index (χ2n) is 5.16. The van der Waals surface area contributed by atoms with Gasteiger partial charge in [0, 0.05) is 45.7 Å². The highest BCUT2D eigenvalue weighted by Gasteiger charge is 2.28. The third kappa shape index (κ3) is 3.97. The number of carbonyl (C=O) groups excluding carboxylic acids is 1. The topological polar surface area (TPSA) is 73.4 Å². The van der Waals surface area contributed by atoms with E-state index in [-0.39, 0.29) is 11.8 Å². The predicted octanol–water partition coefficient (Wildman–Crippen LogP) is 0.275. The maximum Gasteiger partial charge on any atom is 0.227 e. The molecule has 5 heteroatoms. The first-order valence-electron chi connectivity index (χ1n) is 6.68. The van der Waals surface area contributed by atoms with Crippen LogP contribution in [0.4, 0.5) is 0 Å². The number of amides is 1. The number of piperazine rings is 1. The largest absolute Gasteiger partial charge is 0.340 e. The van der Waals surface area contributed by atoms with Crippen LogP contribution in [0.2, 0.25) is 0 Å². The van der Waals surface area contributed by atoms with Crippen LogP contribution < -0.4 is 5.73 Å². The SMILES string of the molecule is CC(C)C(CN)C(=O)N1CCN(CCC#N)CC1. The normalized spacial score (nSPS) is 18.7. The molecule has 1 aliphatic heterocycles. The molecule has 5 nitrogen and oxygen atoms in total. The zero-order valence-electron chi connectivity index (χ0n) is 11.4. The molecule has 0 radical (unpaired) electrons. The summed E-state index contributed by atoms with van der Waals surface area (Å²) in [5.74, 6) is 0.419. The molecule has 1 atom stereocenters. The third-order valence-corrected chi connectivity index (χ3v) is 3.60. The zero-order chi connectivity index (χ0) is 13.5. The molecule has 1 rings (SSSR count). The minimum absolute atomic E-state index is 0.0596. The summed E-state index contributed by atoms with van der Waals surface area (Å²) in [6.45, 7) is 8.55. The van der Waals surface area contributed by atoms with Gasteiger partial charge in [-0.25, -0.2) is 0 Å². The van der Waals surface area contributed by atoms with Gasteiger partial charge in [-0.3, -0.25) is 9.69 Å². The van der Waals surface area contributed by atoms with Crippen LogP contribution in [0.15, 0.2) is 0 Å². The maximum absolute atomic E-state index is 12.3. The third-order valence-electron chi connectivity index (χ3n) is 3.60. The van der Waals surface area contributed by atoms with E-state index in [0.717, 1.165) is 32.7 Å². The summed E-state index contributed by atoms with van der Waals surface area (Å²) < 4.78 is 0. The molecule has 0 aliphatic carbocycles. The molecular weight excluding hydrogens is 228 g/mol. The van der Waals surface area contributed by atoms with E-state index in [0.29, 0.717) is 18.9 Å². The fourth-order valence-corrected chi connectivity index (χ4v) is 2.29. The Labute approximate surface area is 110 Å². The number of nitriles is 1. The molecule has 1 saturated heterocycles. The molecule has 0 saturated carbocycles. The van der Waals surface area contributed by atoms with Crippen LogP contribution in [-0.2, 0) is 4.79 Å². The van der Waals surface area contributed by atoms with E-state index >= 15 is 0 Å². The van der Waals surface area contributed by atoms with Gasteiger partial charge in [0.05, 0.1) is 12.0 Å². The van der Waals surface area contributed by atoms with Gasteiger partial charge in [0.2, 0.25) is 5.91 Å². The second kappa shape index (κ2) is 7.34. The number of nitrogens with two attached hydrogens (primary N) is 1. The van der Waals surface area contributed by atoms with Crippen molar-refractivity contribution in [1.82, 2.24) is 9.80 Å². The van der Waals surface area contributed by atoms with Gasteiger partial charge < -0.3 is 10.6 Å². The minimum atomic E-state index is -0.0596. The summed E-state index contributed by atoms with van der Waals surface area (Å²) in [6.07, 6.45) is 0.561. The van der Waals surface area contributed by atoms with Crippen LogP contribution in [0.25, 0.3) is 0 Å². The van der Waals surface area contributed by atoms with Crippen molar-refractivity contribution in [2.45, 2.75) is 20.3 Å². The molecule has 1 amide bonds. The van der Waals surface area contributed by atoms with Crippen molar-refractivity contribution in [2.75, 3.05) is 39.3 Å². The standard InChI is InChI=1S/C13H24N4O/c1-11(2)12(10-15)13(18)17-8-6-16(7-9-17)5-3-4-14/h11-12H,3,5-10,15H2,1-2H3. The molecule has 0 aromatic carbocycles. The summed E-state index contributed by atoms with van der Waals surface area (Å²) in [6, 6.07) is 2.15. The molecule has 1 unspecified atom stereocenters. The molecule has 0 spiro atoms. The predicted molar refractivity (Wildman–Crippen MR) is 70.6 cm³/mol. The highest BCUT2D eigenvalue weighted by molar-refractivity contribution is 5.79. The Balaban J connectivity index is 2.42. The Bertz CT molecular complexity index is 303. The smallest absolute Gasteiger partial charge is 0.227 e. The Morgan fingerprint density at radius 1 is 1.33 bits per heavy atom. The summed E-state index contributed by atoms with van der Waals surface area (Å²) in [5.41, 5.74) is 5.68. The highest BCUT2D eigenvalue weighted by Crippen LogP contribution is 2.14. The minimum Gasteiger partial charge on any atom is -0.340 e. The summed E-state index contributed by atoms with van der Waals surface area (Å²) in [5, 5.41) is 8.55. The van der Waals surface area contributed by atoms with Gasteiger partial charge in [0.15, 0.2) is 0 Å². The van der Waals surface area contributed by atoms with Crippen molar-refractivity contribution in [3.63, 3.8) is 0 Å². The van der Waals surface area contributed by atoms with Crippen LogP contribution in [0.5, 0.6) is 0 Å². The van der Waals surface area contributed by atoms with E-state index in [1.165, 1.54) is 0 Å². The van der Waals surface area contributed by atoms with Crippen LogP contribution in [-0.4, -0.2) is 55.0 Å². The lowest BCUT2D eigenvalue weighted by Crippen LogP contribution is -2.51. The molecule has 18 heavy (non-hydrogen) atoms. The van der Waals surface area contributed by atoms with Crippen LogP contribution in [0.1, 0.15) is 20.3 Å². The van der Waals surface area contributed by atoms with Crippen molar-refractivity contribution in [1.29, 1.82) is 5.26 Å². The quantitative estimate of drug-likeness (QED) is 0.762. The molecule has 2 N–H and O–H groups in total. The summed E-state index contributed by atoms with van der Waals surface area (Å²) in [4.78, 5) is 16.4. The lowest BCUT2D eigenvalue weighted by atomic mass is 9.94. The van der Waals surface area contributed by atoms with Gasteiger partial charge >= 0.3 is 0 Å². The number of nitrogens with zero attached hydrogens (tertiary/aromatic N) is 3. The summed E-state index contributed by atoms with van der Waals surface area (Å²) in [7, 11) is 0. The lowest BCUT2D eigenvalue weighted by molar-refractivity contribution is -0.138. The van der Waals surface area contributed by atoms with Gasteiger partial charge in [-0.2, -0.15) is 5.26 Å². The molecule has 0 bridgehead atoms. The van der Waals surface area contributed by atoms with Crippen LogP contribution in [0.3, 0.4) is 0 Å². The zero-order valence-corrected chi connectivity index (χ0v) is 11.4. The number of hydrogen-bond acceptors (Lipinski definition) is 4. The van der Waals surface area contributed by atoms with Crippen molar-refractivity contribution in [3.05, 3.63) is 0 Å². The average molecular weight is 252 g/mol. The number of carbonyl (C=O) groups is 1. The van der Waals surface area contributed by atoms with E-state index in [1.807, 2.05) is 18.7 Å². The number of rotatable bonds is 5. The van der Waals surface area contributed by atoms with Crippen molar-refractivity contribution < 1.29 is 4.79 Å². The van der Waals surface area contributed by atoms with Crippen molar-refractivity contribution in [3.8, 4) is 6.07 Å². The van der Waals surface area contributed by atoms with E-state index in [2.05, 4.69) is 11.0 Å². The Hall–Kier alpha value is -1.12. The molecule has 0 aromatic rings. The van der Waals surface area contributed by atoms with E-state index in [4.69, 9.17) is 11.0 Å². The Morgan fingerprint density at radius 3 is 2.39 bits per heavy atom. The van der Waals surface area contributed by atoms with Crippen LogP contribution >= 0.6 is 0 Å². The van der Waals surface area contributed by atoms with Gasteiger partial charge in [-0.05, 0) is 5.92 Å². The van der Waals surface area contributed by atoms with Crippen molar-refractivity contribution in [2.24, 2.45) is 17.6 Å². The Kier molecular flexibility index (Phi) is 6.10. The van der Waals surface area contributed by atoms with Gasteiger partial charge in [-0.1, -0.05) is 13.8 Å². The molecule has 1 aliphatic rings. The first kappa shape index (κ1) is 14.9. The first-order valence-corrected chi connectivity index (χ1v) is 6.68. The highest BCUT2D eigenvalue weighted by atomic mass is 16.2.